The molecule has 1 amide bonds. The molecule has 0 aliphatic carbocycles. The molecule has 0 saturated carbocycles. The summed E-state index contributed by atoms with van der Waals surface area (Å²) in [5.41, 5.74) is 1.95. The molecule has 1 unspecified atom stereocenters. The average Bonchev–Trinajstić information content (AvgIpc) is 2.97. The average molecular weight is 521 g/mol. The van der Waals surface area contributed by atoms with Gasteiger partial charge in [-0.25, -0.2) is 12.7 Å². The lowest BCUT2D eigenvalue weighted by molar-refractivity contribution is -0.116. The molecule has 0 radical (unpaired) electrons. The summed E-state index contributed by atoms with van der Waals surface area (Å²) < 4.78 is 25.2. The fraction of sp³-hybridized carbons (Fsp3) is 0.556. The number of rotatable bonds is 6. The van der Waals surface area contributed by atoms with Gasteiger partial charge in [-0.15, -0.1) is 24.0 Å². The molecule has 1 aromatic carbocycles. The zero-order valence-electron chi connectivity index (χ0n) is 16.0. The number of nitrogens with zero attached hydrogens (tertiary/aromatic N) is 2. The van der Waals surface area contributed by atoms with Crippen LogP contribution in [0.15, 0.2) is 29.3 Å². The number of hydrogen-bond acceptors (Lipinski definition) is 4. The third-order valence-electron chi connectivity index (χ3n) is 4.78. The van der Waals surface area contributed by atoms with Gasteiger partial charge in [0.2, 0.25) is 15.9 Å². The Hall–Kier alpha value is -1.40. The molecule has 0 bridgehead atoms. The first-order valence-corrected chi connectivity index (χ1v) is 11.0. The molecular weight excluding hydrogens is 493 g/mol. The first-order valence-electron chi connectivity index (χ1n) is 9.38. The molecule has 3 rings (SSSR count). The van der Waals surface area contributed by atoms with Crippen LogP contribution in [0.2, 0.25) is 0 Å². The number of sulfonamides is 1. The van der Waals surface area contributed by atoms with Crippen molar-refractivity contribution in [3.63, 3.8) is 0 Å². The molecule has 0 aromatic heterocycles. The number of guanidine groups is 1. The van der Waals surface area contributed by atoms with E-state index in [0.29, 0.717) is 51.5 Å². The Morgan fingerprint density at radius 2 is 2.11 bits per heavy atom. The van der Waals surface area contributed by atoms with E-state index in [-0.39, 0.29) is 41.6 Å². The van der Waals surface area contributed by atoms with Crippen molar-refractivity contribution in [1.29, 1.82) is 0 Å². The van der Waals surface area contributed by atoms with Crippen LogP contribution in [-0.4, -0.2) is 63.1 Å². The first-order chi connectivity index (χ1) is 13.0. The van der Waals surface area contributed by atoms with Crippen molar-refractivity contribution < 1.29 is 13.2 Å². The lowest BCUT2D eigenvalue weighted by atomic mass is 9.91. The number of halogens is 1. The van der Waals surface area contributed by atoms with E-state index < -0.39 is 10.0 Å². The molecule has 28 heavy (non-hydrogen) atoms. The molecule has 2 heterocycles. The second-order valence-electron chi connectivity index (χ2n) is 6.75. The molecule has 1 fully saturated rings. The maximum absolute atomic E-state index is 11.9. The van der Waals surface area contributed by atoms with Crippen molar-refractivity contribution in [2.75, 3.05) is 43.8 Å². The van der Waals surface area contributed by atoms with Gasteiger partial charge in [0.1, 0.15) is 0 Å². The highest BCUT2D eigenvalue weighted by atomic mass is 127. The van der Waals surface area contributed by atoms with Crippen molar-refractivity contribution >= 4 is 51.6 Å². The van der Waals surface area contributed by atoms with Gasteiger partial charge in [0, 0.05) is 44.2 Å². The van der Waals surface area contributed by atoms with Gasteiger partial charge in [-0.1, -0.05) is 18.2 Å². The first kappa shape index (κ1) is 22.9. The van der Waals surface area contributed by atoms with E-state index >= 15 is 0 Å². The number of amides is 1. The number of anilines is 1. The van der Waals surface area contributed by atoms with Crippen molar-refractivity contribution in [1.82, 2.24) is 14.9 Å². The van der Waals surface area contributed by atoms with E-state index in [9.17, 15) is 13.2 Å². The molecule has 0 spiro atoms. The SMILES string of the molecule is CCNC(=NCC1CC(=O)Nc2ccccc21)NCCN1CCCS1(=O)=O.I. The highest BCUT2D eigenvalue weighted by Gasteiger charge is 2.27. The third-order valence-corrected chi connectivity index (χ3v) is 6.73. The number of aliphatic imine (C=N–C) groups is 1. The molecular formula is C18H28IN5O3S. The van der Waals surface area contributed by atoms with E-state index in [2.05, 4.69) is 20.9 Å². The highest BCUT2D eigenvalue weighted by Crippen LogP contribution is 2.31. The molecule has 1 aromatic rings. The smallest absolute Gasteiger partial charge is 0.225 e. The minimum atomic E-state index is -3.08. The largest absolute Gasteiger partial charge is 0.357 e. The van der Waals surface area contributed by atoms with Crippen molar-refractivity contribution in [2.24, 2.45) is 4.99 Å². The van der Waals surface area contributed by atoms with Gasteiger partial charge in [-0.3, -0.25) is 9.79 Å². The minimum Gasteiger partial charge on any atom is -0.357 e. The lowest BCUT2D eigenvalue weighted by Crippen LogP contribution is -2.42. The van der Waals surface area contributed by atoms with Crippen LogP contribution >= 0.6 is 24.0 Å². The number of hydrogen-bond donors (Lipinski definition) is 3. The van der Waals surface area contributed by atoms with Crippen LogP contribution in [0.4, 0.5) is 5.69 Å². The second kappa shape index (κ2) is 10.4. The zero-order chi connectivity index (χ0) is 19.3. The lowest BCUT2D eigenvalue weighted by Gasteiger charge is -2.24. The zero-order valence-corrected chi connectivity index (χ0v) is 19.1. The molecule has 3 N–H and O–H groups in total. The van der Waals surface area contributed by atoms with E-state index in [0.717, 1.165) is 11.3 Å². The predicted molar refractivity (Wildman–Crippen MR) is 122 cm³/mol. The highest BCUT2D eigenvalue weighted by molar-refractivity contribution is 14.0. The van der Waals surface area contributed by atoms with Crippen molar-refractivity contribution in [3.8, 4) is 0 Å². The van der Waals surface area contributed by atoms with Gasteiger partial charge in [0.05, 0.1) is 12.3 Å². The molecule has 8 nitrogen and oxygen atoms in total. The summed E-state index contributed by atoms with van der Waals surface area (Å²) in [6.07, 6.45) is 1.10. The van der Waals surface area contributed by atoms with Crippen LogP contribution in [0.3, 0.4) is 0 Å². The summed E-state index contributed by atoms with van der Waals surface area (Å²) in [6, 6.07) is 7.80. The summed E-state index contributed by atoms with van der Waals surface area (Å²) in [4.78, 5) is 16.6. The quantitative estimate of drug-likeness (QED) is 0.298. The molecule has 10 heteroatoms. The summed E-state index contributed by atoms with van der Waals surface area (Å²) in [5.74, 6) is 0.914. The van der Waals surface area contributed by atoms with Crippen LogP contribution in [-0.2, 0) is 14.8 Å². The fourth-order valence-corrected chi connectivity index (χ4v) is 4.98. The van der Waals surface area contributed by atoms with Crippen LogP contribution in [0, 0.1) is 0 Å². The Bertz CT molecular complexity index is 815. The molecule has 1 atom stereocenters. The Morgan fingerprint density at radius 1 is 1.32 bits per heavy atom. The topological polar surface area (TPSA) is 103 Å². The normalized spacial score (nSPS) is 21.4. The van der Waals surface area contributed by atoms with E-state index in [1.165, 1.54) is 4.31 Å². The van der Waals surface area contributed by atoms with Crippen molar-refractivity contribution in [2.45, 2.75) is 25.7 Å². The maximum Gasteiger partial charge on any atom is 0.225 e. The Kier molecular flexibility index (Phi) is 8.50. The maximum atomic E-state index is 11.9. The number of nitrogens with one attached hydrogen (secondary N) is 3. The fourth-order valence-electron chi connectivity index (χ4n) is 3.45. The van der Waals surface area contributed by atoms with Crippen LogP contribution in [0.25, 0.3) is 0 Å². The van der Waals surface area contributed by atoms with E-state index in [4.69, 9.17) is 0 Å². The Labute approximate surface area is 183 Å². The minimum absolute atomic E-state index is 0. The molecule has 156 valence electrons. The van der Waals surface area contributed by atoms with Gasteiger partial charge in [0.15, 0.2) is 5.96 Å². The van der Waals surface area contributed by atoms with Crippen molar-refractivity contribution in [3.05, 3.63) is 29.8 Å². The van der Waals surface area contributed by atoms with Crippen LogP contribution in [0.1, 0.15) is 31.2 Å². The van der Waals surface area contributed by atoms with Gasteiger partial charge < -0.3 is 16.0 Å². The van der Waals surface area contributed by atoms with Crippen LogP contribution < -0.4 is 16.0 Å². The number of carbonyl (C=O) groups excluding carboxylic acids is 1. The molecule has 1 saturated heterocycles. The summed E-state index contributed by atoms with van der Waals surface area (Å²) in [6.45, 7) is 4.68. The monoisotopic (exact) mass is 521 g/mol. The van der Waals surface area contributed by atoms with Gasteiger partial charge in [-0.05, 0) is 25.0 Å². The number of carbonyl (C=O) groups is 1. The summed E-state index contributed by atoms with van der Waals surface area (Å²) in [5, 5.41) is 9.26. The number of para-hydroxylation sites is 1. The van der Waals surface area contributed by atoms with Gasteiger partial charge in [-0.2, -0.15) is 0 Å². The predicted octanol–water partition coefficient (Wildman–Crippen LogP) is 1.32. The standard InChI is InChI=1S/C18H27N5O3S.HI/c1-2-19-18(20-8-10-23-9-5-11-27(23,25)26)21-13-14-12-17(24)22-16-7-4-3-6-15(14)16;/h3-4,6-7,14H,2,5,8-13H2,1H3,(H,22,24)(H2,19,20,21);1H. The third kappa shape index (κ3) is 5.80. The molecule has 2 aliphatic heterocycles. The summed E-state index contributed by atoms with van der Waals surface area (Å²) in [7, 11) is -3.08. The van der Waals surface area contributed by atoms with Crippen LogP contribution in [0.5, 0.6) is 0 Å². The van der Waals surface area contributed by atoms with E-state index in [1.54, 1.807) is 0 Å². The second-order valence-corrected chi connectivity index (χ2v) is 8.84. The summed E-state index contributed by atoms with van der Waals surface area (Å²) >= 11 is 0. The molecule has 2 aliphatic rings. The Morgan fingerprint density at radius 3 is 2.82 bits per heavy atom. The number of fused-ring (bicyclic) bond motifs is 1. The number of benzene rings is 1. The van der Waals surface area contributed by atoms with E-state index in [1.807, 2.05) is 31.2 Å². The van der Waals surface area contributed by atoms with Gasteiger partial charge >= 0.3 is 0 Å². The Balaban J connectivity index is 0.00000280. The van der Waals surface area contributed by atoms with Gasteiger partial charge in [0.25, 0.3) is 0 Å².